The molecule has 0 unspecified atom stereocenters. The molecule has 3 rings (SSSR count). The normalized spacial score (nSPS) is 10.9. The highest BCUT2D eigenvalue weighted by molar-refractivity contribution is 7.92. The molecule has 1 amide bonds. The molecule has 172 valence electrons. The van der Waals surface area contributed by atoms with Gasteiger partial charge in [0.05, 0.1) is 42.1 Å². The van der Waals surface area contributed by atoms with E-state index in [4.69, 9.17) is 4.52 Å². The molecule has 2 N–H and O–H groups in total. The number of hydrogen-bond donors (Lipinski definition) is 2. The minimum atomic E-state index is -4.24. The Bertz CT molecular complexity index is 1300. The van der Waals surface area contributed by atoms with Gasteiger partial charge in [0.1, 0.15) is 11.3 Å². The van der Waals surface area contributed by atoms with Gasteiger partial charge in [-0.1, -0.05) is 11.2 Å². The van der Waals surface area contributed by atoms with E-state index in [-0.39, 0.29) is 27.3 Å². The number of aryl methyl sites for hydroxylation is 1. The number of carbonyl (C=O) groups excluding carboxylic acids is 3. The molecule has 33 heavy (non-hydrogen) atoms. The van der Waals surface area contributed by atoms with Crippen LogP contribution in [0, 0.1) is 6.92 Å². The summed E-state index contributed by atoms with van der Waals surface area (Å²) in [6.07, 6.45) is 1.27. The molecule has 1 heterocycles. The Morgan fingerprint density at radius 3 is 2.09 bits per heavy atom. The molecular formula is C21H19N3O8S. The molecule has 0 saturated heterocycles. The van der Waals surface area contributed by atoms with Gasteiger partial charge < -0.3 is 19.3 Å². The number of carbonyl (C=O) groups is 3. The van der Waals surface area contributed by atoms with Crippen LogP contribution in [0.5, 0.6) is 0 Å². The van der Waals surface area contributed by atoms with Gasteiger partial charge in [-0.05, 0) is 43.3 Å². The summed E-state index contributed by atoms with van der Waals surface area (Å²) in [5.41, 5.74) is 0.366. The van der Waals surface area contributed by atoms with Gasteiger partial charge in [-0.3, -0.25) is 9.52 Å². The van der Waals surface area contributed by atoms with E-state index in [1.807, 2.05) is 0 Å². The maximum absolute atomic E-state index is 13.0. The molecule has 0 atom stereocenters. The van der Waals surface area contributed by atoms with E-state index >= 15 is 0 Å². The molecule has 0 fully saturated rings. The van der Waals surface area contributed by atoms with Gasteiger partial charge in [0, 0.05) is 5.69 Å². The molecule has 0 aliphatic carbocycles. The lowest BCUT2D eigenvalue weighted by Crippen LogP contribution is -2.16. The Hall–Kier alpha value is -4.19. The largest absolute Gasteiger partial charge is 0.465 e. The van der Waals surface area contributed by atoms with Crippen LogP contribution >= 0.6 is 0 Å². The number of methoxy groups -OCH3 is 2. The summed E-state index contributed by atoms with van der Waals surface area (Å²) in [5, 5.41) is 6.16. The van der Waals surface area contributed by atoms with Crippen LogP contribution in [-0.2, 0) is 19.5 Å². The van der Waals surface area contributed by atoms with E-state index < -0.39 is 27.9 Å². The second kappa shape index (κ2) is 9.53. The van der Waals surface area contributed by atoms with Crippen LogP contribution in [0.4, 0.5) is 11.4 Å². The molecule has 12 heteroatoms. The summed E-state index contributed by atoms with van der Waals surface area (Å²) in [4.78, 5) is 35.9. The van der Waals surface area contributed by atoms with E-state index in [1.54, 1.807) is 13.0 Å². The standard InChI is InChI=1S/C21H19N3O8S/c1-12-18(11-22-32-12)19(25)23-15-5-4-6-16(10-15)24-33(28,29)17-8-13(20(26)30-2)7-14(9-17)21(27)31-3/h4-11,24H,1-3H3,(H,23,25). The maximum Gasteiger partial charge on any atom is 0.337 e. The lowest BCUT2D eigenvalue weighted by atomic mass is 10.1. The van der Waals surface area contributed by atoms with Crippen LogP contribution in [0.3, 0.4) is 0 Å². The number of esters is 2. The van der Waals surface area contributed by atoms with Gasteiger partial charge in [0.25, 0.3) is 15.9 Å². The third-order valence-corrected chi connectivity index (χ3v) is 5.79. The molecule has 11 nitrogen and oxygen atoms in total. The molecule has 0 bridgehead atoms. The minimum absolute atomic E-state index is 0.123. The van der Waals surface area contributed by atoms with Gasteiger partial charge in [-0.2, -0.15) is 0 Å². The quantitative estimate of drug-likeness (QED) is 0.493. The number of ether oxygens (including phenoxy) is 2. The summed E-state index contributed by atoms with van der Waals surface area (Å²) in [6, 6.07) is 9.25. The molecule has 0 saturated carbocycles. The highest BCUT2D eigenvalue weighted by Crippen LogP contribution is 2.23. The summed E-state index contributed by atoms with van der Waals surface area (Å²) in [5.74, 6) is -1.81. The van der Waals surface area contributed by atoms with E-state index in [1.165, 1.54) is 30.5 Å². The molecule has 2 aromatic carbocycles. The van der Waals surface area contributed by atoms with Crippen LogP contribution in [0.15, 0.2) is 58.1 Å². The number of nitrogens with zero attached hydrogens (tertiary/aromatic N) is 1. The fourth-order valence-corrected chi connectivity index (χ4v) is 3.93. The summed E-state index contributed by atoms with van der Waals surface area (Å²) < 4.78 is 42.4. The smallest absolute Gasteiger partial charge is 0.337 e. The van der Waals surface area contributed by atoms with Crippen LogP contribution in [0.25, 0.3) is 0 Å². The van der Waals surface area contributed by atoms with Crippen molar-refractivity contribution in [2.45, 2.75) is 11.8 Å². The van der Waals surface area contributed by atoms with Gasteiger partial charge >= 0.3 is 11.9 Å². The zero-order chi connectivity index (χ0) is 24.2. The fraction of sp³-hybridized carbons (Fsp3) is 0.143. The second-order valence-corrected chi connectivity index (χ2v) is 8.35. The van der Waals surface area contributed by atoms with E-state index in [0.29, 0.717) is 11.4 Å². The molecule has 3 aromatic rings. The number of amides is 1. The first-order valence-electron chi connectivity index (χ1n) is 9.32. The topological polar surface area (TPSA) is 154 Å². The number of rotatable bonds is 7. The minimum Gasteiger partial charge on any atom is -0.465 e. The Morgan fingerprint density at radius 2 is 1.55 bits per heavy atom. The lowest BCUT2D eigenvalue weighted by molar-refractivity contribution is 0.0598. The van der Waals surface area contributed by atoms with Crippen molar-refractivity contribution in [1.29, 1.82) is 0 Å². The van der Waals surface area contributed by atoms with Crippen molar-refractivity contribution in [3.8, 4) is 0 Å². The maximum atomic E-state index is 13.0. The second-order valence-electron chi connectivity index (χ2n) is 6.67. The first-order valence-corrected chi connectivity index (χ1v) is 10.8. The molecule has 0 aliphatic heterocycles. The van der Waals surface area contributed by atoms with Gasteiger partial charge in [-0.15, -0.1) is 0 Å². The third-order valence-electron chi connectivity index (χ3n) is 4.43. The fourth-order valence-electron chi connectivity index (χ4n) is 2.82. The summed E-state index contributed by atoms with van der Waals surface area (Å²) in [6.45, 7) is 1.58. The first-order chi connectivity index (χ1) is 15.6. The van der Waals surface area contributed by atoms with Crippen molar-refractivity contribution in [3.05, 3.63) is 71.1 Å². The highest BCUT2D eigenvalue weighted by atomic mass is 32.2. The highest BCUT2D eigenvalue weighted by Gasteiger charge is 2.22. The van der Waals surface area contributed by atoms with E-state index in [2.05, 4.69) is 24.7 Å². The molecular weight excluding hydrogens is 454 g/mol. The van der Waals surface area contributed by atoms with Crippen molar-refractivity contribution in [2.75, 3.05) is 24.3 Å². The van der Waals surface area contributed by atoms with Crippen LogP contribution < -0.4 is 10.0 Å². The van der Waals surface area contributed by atoms with Crippen molar-refractivity contribution < 1.29 is 36.8 Å². The Labute approximate surface area is 188 Å². The Balaban J connectivity index is 1.89. The SMILES string of the molecule is COC(=O)c1cc(C(=O)OC)cc(S(=O)(=O)Nc2cccc(NC(=O)c3cnoc3C)c2)c1. The van der Waals surface area contributed by atoms with Crippen LogP contribution in [0.1, 0.15) is 36.8 Å². The van der Waals surface area contributed by atoms with E-state index in [9.17, 15) is 22.8 Å². The summed E-state index contributed by atoms with van der Waals surface area (Å²) in [7, 11) is -1.99. The zero-order valence-electron chi connectivity index (χ0n) is 17.7. The number of anilines is 2. The molecule has 0 radical (unpaired) electrons. The van der Waals surface area contributed by atoms with Crippen molar-refractivity contribution >= 4 is 39.2 Å². The molecule has 1 aromatic heterocycles. The monoisotopic (exact) mass is 473 g/mol. The predicted octanol–water partition coefficient (Wildman–Crippen LogP) is 2.61. The average molecular weight is 473 g/mol. The zero-order valence-corrected chi connectivity index (χ0v) is 18.6. The average Bonchev–Trinajstić information content (AvgIpc) is 3.23. The first kappa shape index (κ1) is 23.5. The molecule has 0 spiro atoms. The van der Waals surface area contributed by atoms with Crippen LogP contribution in [0.2, 0.25) is 0 Å². The number of benzene rings is 2. The predicted molar refractivity (Wildman–Crippen MR) is 116 cm³/mol. The van der Waals surface area contributed by atoms with Gasteiger partial charge in [0.15, 0.2) is 0 Å². The number of nitrogens with one attached hydrogen (secondary N) is 2. The number of sulfonamides is 1. The number of aromatic nitrogens is 1. The lowest BCUT2D eigenvalue weighted by Gasteiger charge is -2.12. The van der Waals surface area contributed by atoms with Gasteiger partial charge in [0.2, 0.25) is 0 Å². The van der Waals surface area contributed by atoms with Gasteiger partial charge in [-0.25, -0.2) is 18.0 Å². The molecule has 0 aliphatic rings. The Kier molecular flexibility index (Phi) is 6.78. The van der Waals surface area contributed by atoms with E-state index in [0.717, 1.165) is 26.4 Å². The van der Waals surface area contributed by atoms with Crippen molar-refractivity contribution in [1.82, 2.24) is 5.16 Å². The Morgan fingerprint density at radius 1 is 0.939 bits per heavy atom. The van der Waals surface area contributed by atoms with Crippen molar-refractivity contribution in [2.24, 2.45) is 0 Å². The number of hydrogen-bond acceptors (Lipinski definition) is 9. The van der Waals surface area contributed by atoms with Crippen LogP contribution in [-0.4, -0.2) is 45.6 Å². The third kappa shape index (κ3) is 5.36. The van der Waals surface area contributed by atoms with Crippen molar-refractivity contribution in [3.63, 3.8) is 0 Å². The summed E-state index contributed by atoms with van der Waals surface area (Å²) >= 11 is 0.